The third kappa shape index (κ3) is 2.27. The van der Waals surface area contributed by atoms with Crippen molar-refractivity contribution in [3.05, 3.63) is 78.0 Å². The van der Waals surface area contributed by atoms with Crippen molar-refractivity contribution in [3.63, 3.8) is 0 Å². The van der Waals surface area contributed by atoms with Crippen molar-refractivity contribution in [3.8, 4) is 0 Å². The van der Waals surface area contributed by atoms with Crippen molar-refractivity contribution in [1.29, 1.82) is 0 Å². The molecule has 0 saturated heterocycles. The standard InChI is InChI=1S/C20H23N/c1-15(17-10-6-5-7-11-17)14-21-16(2)20(3,4)18-12-8-9-13-19(18)21/h5-13,15H,2,14H2,1,3-4H3. The van der Waals surface area contributed by atoms with Gasteiger partial charge in [0, 0.05) is 23.3 Å². The first kappa shape index (κ1) is 13.9. The van der Waals surface area contributed by atoms with Gasteiger partial charge in [-0.15, -0.1) is 0 Å². The average molecular weight is 277 g/mol. The lowest BCUT2D eigenvalue weighted by Gasteiger charge is -2.28. The van der Waals surface area contributed by atoms with E-state index in [9.17, 15) is 0 Å². The Hall–Kier alpha value is -2.02. The van der Waals surface area contributed by atoms with Gasteiger partial charge in [-0.05, 0) is 23.1 Å². The van der Waals surface area contributed by atoms with Crippen LogP contribution in [0.1, 0.15) is 37.8 Å². The molecule has 2 aromatic carbocycles. The molecule has 2 aromatic rings. The van der Waals surface area contributed by atoms with Gasteiger partial charge in [0.1, 0.15) is 0 Å². The highest BCUT2D eigenvalue weighted by atomic mass is 15.2. The second-order valence-corrected chi connectivity index (χ2v) is 6.51. The Labute approximate surface area is 127 Å². The Balaban J connectivity index is 1.92. The van der Waals surface area contributed by atoms with Crippen LogP contribution in [-0.4, -0.2) is 6.54 Å². The van der Waals surface area contributed by atoms with Crippen LogP contribution in [0, 0.1) is 0 Å². The maximum Gasteiger partial charge on any atom is 0.0450 e. The summed E-state index contributed by atoms with van der Waals surface area (Å²) in [7, 11) is 0. The molecule has 0 spiro atoms. The van der Waals surface area contributed by atoms with E-state index in [2.05, 4.69) is 86.8 Å². The van der Waals surface area contributed by atoms with Gasteiger partial charge < -0.3 is 4.90 Å². The molecule has 0 N–H and O–H groups in total. The quantitative estimate of drug-likeness (QED) is 0.754. The molecule has 0 bridgehead atoms. The highest BCUT2D eigenvalue weighted by Gasteiger charge is 2.38. The van der Waals surface area contributed by atoms with Crippen LogP contribution < -0.4 is 4.90 Å². The Morgan fingerprint density at radius 3 is 2.33 bits per heavy atom. The summed E-state index contributed by atoms with van der Waals surface area (Å²) in [4.78, 5) is 2.40. The van der Waals surface area contributed by atoms with E-state index in [-0.39, 0.29) is 5.41 Å². The van der Waals surface area contributed by atoms with E-state index in [1.54, 1.807) is 0 Å². The van der Waals surface area contributed by atoms with Crippen LogP contribution >= 0.6 is 0 Å². The van der Waals surface area contributed by atoms with Crippen LogP contribution in [-0.2, 0) is 5.41 Å². The van der Waals surface area contributed by atoms with E-state index < -0.39 is 0 Å². The molecular weight excluding hydrogens is 254 g/mol. The largest absolute Gasteiger partial charge is 0.344 e. The van der Waals surface area contributed by atoms with Crippen molar-refractivity contribution < 1.29 is 0 Å². The first-order chi connectivity index (χ1) is 10.0. The Morgan fingerprint density at radius 2 is 1.62 bits per heavy atom. The summed E-state index contributed by atoms with van der Waals surface area (Å²) in [6.07, 6.45) is 0. The highest BCUT2D eigenvalue weighted by Crippen LogP contribution is 2.47. The molecule has 3 rings (SSSR count). The molecule has 0 amide bonds. The van der Waals surface area contributed by atoms with Crippen LogP contribution in [0.25, 0.3) is 0 Å². The first-order valence-corrected chi connectivity index (χ1v) is 7.63. The zero-order valence-electron chi connectivity index (χ0n) is 13.1. The second kappa shape index (κ2) is 5.07. The number of hydrogen-bond acceptors (Lipinski definition) is 1. The van der Waals surface area contributed by atoms with Crippen LogP contribution in [0.5, 0.6) is 0 Å². The van der Waals surface area contributed by atoms with E-state index in [0.717, 1.165) is 6.54 Å². The minimum Gasteiger partial charge on any atom is -0.344 e. The average Bonchev–Trinajstić information content (AvgIpc) is 2.70. The molecule has 1 atom stereocenters. The van der Waals surface area contributed by atoms with Crippen LogP contribution in [0.15, 0.2) is 66.9 Å². The second-order valence-electron chi connectivity index (χ2n) is 6.51. The number of nitrogens with zero attached hydrogens (tertiary/aromatic N) is 1. The Morgan fingerprint density at radius 1 is 1.00 bits per heavy atom. The normalized spacial score (nSPS) is 17.7. The number of benzene rings is 2. The summed E-state index contributed by atoms with van der Waals surface area (Å²) in [6.45, 7) is 12.2. The first-order valence-electron chi connectivity index (χ1n) is 7.63. The molecule has 108 valence electrons. The van der Waals surface area contributed by atoms with E-state index in [1.807, 2.05) is 0 Å². The molecule has 1 aliphatic heterocycles. The summed E-state index contributed by atoms with van der Waals surface area (Å²) in [6, 6.07) is 19.4. The van der Waals surface area contributed by atoms with E-state index in [1.165, 1.54) is 22.5 Å². The van der Waals surface area contributed by atoms with E-state index in [4.69, 9.17) is 0 Å². The van der Waals surface area contributed by atoms with E-state index in [0.29, 0.717) is 5.92 Å². The van der Waals surface area contributed by atoms with Crippen LogP contribution in [0.4, 0.5) is 5.69 Å². The number of allylic oxidation sites excluding steroid dienone is 1. The number of rotatable bonds is 3. The number of fused-ring (bicyclic) bond motifs is 1. The molecule has 21 heavy (non-hydrogen) atoms. The smallest absolute Gasteiger partial charge is 0.0450 e. The van der Waals surface area contributed by atoms with Gasteiger partial charge in [0.25, 0.3) is 0 Å². The van der Waals surface area contributed by atoms with Crippen molar-refractivity contribution in [1.82, 2.24) is 0 Å². The summed E-state index contributed by atoms with van der Waals surface area (Å²) >= 11 is 0. The van der Waals surface area contributed by atoms with Gasteiger partial charge >= 0.3 is 0 Å². The fraction of sp³-hybridized carbons (Fsp3) is 0.300. The summed E-state index contributed by atoms with van der Waals surface area (Å²) in [5, 5.41) is 0. The van der Waals surface area contributed by atoms with E-state index >= 15 is 0 Å². The zero-order chi connectivity index (χ0) is 15.0. The van der Waals surface area contributed by atoms with Crippen molar-refractivity contribution >= 4 is 5.69 Å². The Bertz CT molecular complexity index is 655. The molecule has 1 nitrogen and oxygen atoms in total. The number of para-hydroxylation sites is 1. The fourth-order valence-corrected chi connectivity index (χ4v) is 3.25. The molecular formula is C20H23N. The predicted octanol–water partition coefficient (Wildman–Crippen LogP) is 5.10. The van der Waals surface area contributed by atoms with Gasteiger partial charge in [-0.3, -0.25) is 0 Å². The number of hydrogen-bond donors (Lipinski definition) is 0. The van der Waals surface area contributed by atoms with Gasteiger partial charge in [0.15, 0.2) is 0 Å². The van der Waals surface area contributed by atoms with Crippen molar-refractivity contribution in [2.75, 3.05) is 11.4 Å². The minimum absolute atomic E-state index is 0.0208. The van der Waals surface area contributed by atoms with Gasteiger partial charge in [-0.2, -0.15) is 0 Å². The third-order valence-electron chi connectivity index (χ3n) is 4.74. The van der Waals surface area contributed by atoms with Crippen molar-refractivity contribution in [2.24, 2.45) is 0 Å². The summed E-state index contributed by atoms with van der Waals surface area (Å²) in [5.41, 5.74) is 5.30. The van der Waals surface area contributed by atoms with Crippen molar-refractivity contribution in [2.45, 2.75) is 32.1 Å². The van der Waals surface area contributed by atoms with Crippen LogP contribution in [0.3, 0.4) is 0 Å². The molecule has 0 aliphatic carbocycles. The monoisotopic (exact) mass is 277 g/mol. The lowest BCUT2D eigenvalue weighted by atomic mass is 9.84. The maximum absolute atomic E-state index is 4.38. The van der Waals surface area contributed by atoms with Gasteiger partial charge in [-0.1, -0.05) is 75.9 Å². The van der Waals surface area contributed by atoms with Crippen LogP contribution in [0.2, 0.25) is 0 Å². The minimum atomic E-state index is 0.0208. The van der Waals surface area contributed by atoms with Gasteiger partial charge in [-0.25, -0.2) is 0 Å². The van der Waals surface area contributed by atoms with Gasteiger partial charge in [0.05, 0.1) is 0 Å². The maximum atomic E-state index is 4.38. The zero-order valence-corrected chi connectivity index (χ0v) is 13.1. The summed E-state index contributed by atoms with van der Waals surface area (Å²) in [5.74, 6) is 0.477. The Kier molecular flexibility index (Phi) is 3.36. The third-order valence-corrected chi connectivity index (χ3v) is 4.74. The molecule has 0 aromatic heterocycles. The molecule has 1 heterocycles. The predicted molar refractivity (Wildman–Crippen MR) is 90.8 cm³/mol. The topological polar surface area (TPSA) is 3.24 Å². The summed E-state index contributed by atoms with van der Waals surface area (Å²) < 4.78 is 0. The molecule has 1 unspecified atom stereocenters. The lowest BCUT2D eigenvalue weighted by molar-refractivity contribution is 0.621. The molecule has 0 fully saturated rings. The molecule has 0 radical (unpaired) electrons. The number of anilines is 1. The molecule has 1 heteroatoms. The highest BCUT2D eigenvalue weighted by molar-refractivity contribution is 5.69. The lowest BCUT2D eigenvalue weighted by Crippen LogP contribution is -2.28. The SMILES string of the molecule is C=C1N(CC(C)c2ccccc2)c2ccccc2C1(C)C. The van der Waals surface area contributed by atoms with Gasteiger partial charge in [0.2, 0.25) is 0 Å². The fourth-order valence-electron chi connectivity index (χ4n) is 3.25. The molecule has 0 saturated carbocycles. The molecule has 1 aliphatic rings.